The van der Waals surface area contributed by atoms with Gasteiger partial charge < -0.3 is 9.84 Å². The maximum absolute atomic E-state index is 9.54. The molecule has 0 bridgehead atoms. The summed E-state index contributed by atoms with van der Waals surface area (Å²) in [5, 5.41) is 9.54. The summed E-state index contributed by atoms with van der Waals surface area (Å²) >= 11 is 3.37. The van der Waals surface area contributed by atoms with Crippen LogP contribution >= 0.6 is 15.9 Å². The van der Waals surface area contributed by atoms with Crippen molar-refractivity contribution in [2.24, 2.45) is 0 Å². The van der Waals surface area contributed by atoms with Crippen LogP contribution in [-0.4, -0.2) is 11.7 Å². The molecular weight excluding hydrogens is 220 g/mol. The topological polar surface area (TPSA) is 29.5 Å². The predicted molar refractivity (Wildman–Crippen MR) is 48.8 cm³/mol. The molecule has 0 saturated carbocycles. The summed E-state index contributed by atoms with van der Waals surface area (Å²) in [6.07, 6.45) is -0.466. The van der Waals surface area contributed by atoms with Crippen LogP contribution in [0.5, 0.6) is 0 Å². The van der Waals surface area contributed by atoms with Gasteiger partial charge in [0.05, 0.1) is 13.2 Å². The van der Waals surface area contributed by atoms with Gasteiger partial charge in [0, 0.05) is 4.47 Å². The number of hydrogen-bond donors (Lipinski definition) is 1. The summed E-state index contributed by atoms with van der Waals surface area (Å²) in [7, 11) is 0. The third kappa shape index (κ3) is 1.40. The fraction of sp³-hybridized carbons (Fsp3) is 0.333. The SMILES string of the molecule is O[C@@H]1COCc2ccc(Br)cc21. The molecule has 0 radical (unpaired) electrons. The molecule has 1 aromatic rings. The van der Waals surface area contributed by atoms with Crippen molar-refractivity contribution in [3.63, 3.8) is 0 Å². The maximum Gasteiger partial charge on any atom is 0.103 e. The highest BCUT2D eigenvalue weighted by molar-refractivity contribution is 9.10. The quantitative estimate of drug-likeness (QED) is 0.737. The van der Waals surface area contributed by atoms with E-state index >= 15 is 0 Å². The van der Waals surface area contributed by atoms with Crippen LogP contribution in [0, 0.1) is 0 Å². The van der Waals surface area contributed by atoms with E-state index in [1.807, 2.05) is 18.2 Å². The Bertz CT molecular complexity index is 299. The van der Waals surface area contributed by atoms with E-state index in [9.17, 15) is 5.11 Å². The Morgan fingerprint density at radius 3 is 3.17 bits per heavy atom. The molecule has 0 unspecified atom stereocenters. The zero-order valence-electron chi connectivity index (χ0n) is 6.46. The monoisotopic (exact) mass is 228 g/mol. The highest BCUT2D eigenvalue weighted by atomic mass is 79.9. The van der Waals surface area contributed by atoms with Gasteiger partial charge in [-0.2, -0.15) is 0 Å². The van der Waals surface area contributed by atoms with E-state index in [1.165, 1.54) is 0 Å². The van der Waals surface area contributed by atoms with Gasteiger partial charge in [0.25, 0.3) is 0 Å². The third-order valence-corrected chi connectivity index (χ3v) is 2.49. The molecule has 0 amide bonds. The normalized spacial score (nSPS) is 22.0. The van der Waals surface area contributed by atoms with Gasteiger partial charge in [-0.25, -0.2) is 0 Å². The second kappa shape index (κ2) is 3.17. The van der Waals surface area contributed by atoms with Crippen molar-refractivity contribution < 1.29 is 9.84 Å². The van der Waals surface area contributed by atoms with Crippen molar-refractivity contribution in [2.75, 3.05) is 6.61 Å². The molecule has 1 heterocycles. The lowest BCUT2D eigenvalue weighted by atomic mass is 10.0. The summed E-state index contributed by atoms with van der Waals surface area (Å²) in [5.74, 6) is 0. The van der Waals surface area contributed by atoms with Gasteiger partial charge in [0.15, 0.2) is 0 Å². The number of aliphatic hydroxyl groups is 1. The number of halogens is 1. The van der Waals surface area contributed by atoms with Crippen LogP contribution in [0.15, 0.2) is 22.7 Å². The molecule has 1 atom stereocenters. The number of hydrogen-bond acceptors (Lipinski definition) is 2. The number of aliphatic hydroxyl groups excluding tert-OH is 1. The molecular formula is C9H9BrO2. The van der Waals surface area contributed by atoms with Crippen LogP contribution in [0.2, 0.25) is 0 Å². The first-order chi connectivity index (χ1) is 5.77. The van der Waals surface area contributed by atoms with Gasteiger partial charge >= 0.3 is 0 Å². The van der Waals surface area contributed by atoms with Crippen LogP contribution < -0.4 is 0 Å². The fourth-order valence-electron chi connectivity index (χ4n) is 1.38. The van der Waals surface area contributed by atoms with Crippen LogP contribution in [0.1, 0.15) is 17.2 Å². The van der Waals surface area contributed by atoms with Gasteiger partial charge in [0.2, 0.25) is 0 Å². The molecule has 64 valence electrons. The van der Waals surface area contributed by atoms with Gasteiger partial charge in [-0.15, -0.1) is 0 Å². The molecule has 1 N–H and O–H groups in total. The van der Waals surface area contributed by atoms with E-state index in [2.05, 4.69) is 15.9 Å². The number of fused-ring (bicyclic) bond motifs is 1. The van der Waals surface area contributed by atoms with Crippen LogP contribution in [-0.2, 0) is 11.3 Å². The lowest BCUT2D eigenvalue weighted by molar-refractivity contribution is 0.00976. The number of ether oxygens (including phenoxy) is 1. The molecule has 0 spiro atoms. The Kier molecular flexibility index (Phi) is 2.17. The van der Waals surface area contributed by atoms with E-state index in [0.717, 1.165) is 15.6 Å². The Morgan fingerprint density at radius 2 is 2.33 bits per heavy atom. The second-order valence-corrected chi connectivity index (χ2v) is 3.79. The van der Waals surface area contributed by atoms with Crippen molar-refractivity contribution in [3.05, 3.63) is 33.8 Å². The first-order valence-corrected chi connectivity index (χ1v) is 4.61. The van der Waals surface area contributed by atoms with E-state index < -0.39 is 6.10 Å². The van der Waals surface area contributed by atoms with Crippen molar-refractivity contribution in [1.82, 2.24) is 0 Å². The van der Waals surface area contributed by atoms with Crippen molar-refractivity contribution in [3.8, 4) is 0 Å². The van der Waals surface area contributed by atoms with Crippen molar-refractivity contribution >= 4 is 15.9 Å². The molecule has 0 aliphatic carbocycles. The van der Waals surface area contributed by atoms with E-state index in [1.54, 1.807) is 0 Å². The molecule has 2 nitrogen and oxygen atoms in total. The molecule has 0 aromatic heterocycles. The standard InChI is InChI=1S/C9H9BrO2/c10-7-2-1-6-4-12-5-9(11)8(6)3-7/h1-3,9,11H,4-5H2/t9-/m1/s1. The van der Waals surface area contributed by atoms with Crippen LogP contribution in [0.3, 0.4) is 0 Å². The Hall–Kier alpha value is -0.380. The smallest absolute Gasteiger partial charge is 0.103 e. The summed E-state index contributed by atoms with van der Waals surface area (Å²) in [6.45, 7) is 1.02. The number of rotatable bonds is 0. The lowest BCUT2D eigenvalue weighted by Crippen LogP contribution is -2.15. The summed E-state index contributed by atoms with van der Waals surface area (Å²) in [4.78, 5) is 0. The average Bonchev–Trinajstić information content (AvgIpc) is 2.07. The predicted octanol–water partition coefficient (Wildman–Crippen LogP) is 2.01. The average molecular weight is 229 g/mol. The van der Waals surface area contributed by atoms with Crippen LogP contribution in [0.25, 0.3) is 0 Å². The minimum atomic E-state index is -0.466. The van der Waals surface area contributed by atoms with E-state index in [0.29, 0.717) is 13.2 Å². The molecule has 0 saturated heterocycles. The molecule has 3 heteroatoms. The highest BCUT2D eigenvalue weighted by Gasteiger charge is 2.17. The van der Waals surface area contributed by atoms with Gasteiger partial charge in [0.1, 0.15) is 6.10 Å². The summed E-state index contributed by atoms with van der Waals surface area (Å²) in [6, 6.07) is 5.88. The third-order valence-electron chi connectivity index (χ3n) is 2.00. The molecule has 2 rings (SSSR count). The number of benzene rings is 1. The van der Waals surface area contributed by atoms with Crippen molar-refractivity contribution in [2.45, 2.75) is 12.7 Å². The Balaban J connectivity index is 2.47. The van der Waals surface area contributed by atoms with Gasteiger partial charge in [-0.05, 0) is 23.3 Å². The largest absolute Gasteiger partial charge is 0.386 e. The van der Waals surface area contributed by atoms with Gasteiger partial charge in [-0.3, -0.25) is 0 Å². The summed E-state index contributed by atoms with van der Waals surface area (Å²) < 4.78 is 6.18. The highest BCUT2D eigenvalue weighted by Crippen LogP contribution is 2.27. The zero-order chi connectivity index (χ0) is 8.55. The fourth-order valence-corrected chi connectivity index (χ4v) is 1.76. The molecule has 1 aromatic carbocycles. The Labute approximate surface area is 79.3 Å². The molecule has 0 fully saturated rings. The Morgan fingerprint density at radius 1 is 1.50 bits per heavy atom. The summed E-state index contributed by atoms with van der Waals surface area (Å²) in [5.41, 5.74) is 2.06. The maximum atomic E-state index is 9.54. The van der Waals surface area contributed by atoms with Gasteiger partial charge in [-0.1, -0.05) is 22.0 Å². The van der Waals surface area contributed by atoms with E-state index in [4.69, 9.17) is 4.74 Å². The first kappa shape index (κ1) is 8.23. The first-order valence-electron chi connectivity index (χ1n) is 3.81. The second-order valence-electron chi connectivity index (χ2n) is 2.87. The molecule has 1 aliphatic heterocycles. The minimum Gasteiger partial charge on any atom is -0.386 e. The minimum absolute atomic E-state index is 0.406. The molecule has 12 heavy (non-hydrogen) atoms. The zero-order valence-corrected chi connectivity index (χ0v) is 8.04. The lowest BCUT2D eigenvalue weighted by Gasteiger charge is -2.21. The van der Waals surface area contributed by atoms with E-state index in [-0.39, 0.29) is 0 Å². The van der Waals surface area contributed by atoms with Crippen molar-refractivity contribution in [1.29, 1.82) is 0 Å². The molecule has 1 aliphatic rings. The van der Waals surface area contributed by atoms with Crippen LogP contribution in [0.4, 0.5) is 0 Å².